The van der Waals surface area contributed by atoms with Crippen LogP contribution in [0.25, 0.3) is 0 Å². The topological polar surface area (TPSA) is 50.3 Å². The lowest BCUT2D eigenvalue weighted by Crippen LogP contribution is -2.54. The van der Waals surface area contributed by atoms with Crippen molar-refractivity contribution >= 4 is 0 Å². The van der Waals surface area contributed by atoms with Gasteiger partial charge in [-0.25, -0.2) is 0 Å². The number of piperazine rings is 1. The highest BCUT2D eigenvalue weighted by Gasteiger charge is 2.29. The van der Waals surface area contributed by atoms with Gasteiger partial charge in [0.05, 0.1) is 12.2 Å². The molecule has 1 aliphatic heterocycles. The van der Waals surface area contributed by atoms with E-state index in [0.717, 1.165) is 26.2 Å². The molecule has 0 amide bonds. The highest BCUT2D eigenvalue weighted by Crippen LogP contribution is 2.24. The maximum atomic E-state index is 6.05. The van der Waals surface area contributed by atoms with Crippen LogP contribution in [-0.4, -0.2) is 57.8 Å². The first-order valence-corrected chi connectivity index (χ1v) is 8.06. The molecule has 1 unspecified atom stereocenters. The Morgan fingerprint density at radius 2 is 1.81 bits per heavy atom. The lowest BCUT2D eigenvalue weighted by Gasteiger charge is -2.44. The Morgan fingerprint density at radius 3 is 2.24 bits per heavy atom. The van der Waals surface area contributed by atoms with E-state index >= 15 is 0 Å². The van der Waals surface area contributed by atoms with Gasteiger partial charge in [0.2, 0.25) is 0 Å². The zero-order valence-corrected chi connectivity index (χ0v) is 14.2. The van der Waals surface area contributed by atoms with Gasteiger partial charge in [-0.05, 0) is 34.6 Å². The Hall–Kier alpha value is -0.910. The van der Waals surface area contributed by atoms with Gasteiger partial charge in [-0.2, -0.15) is 5.10 Å². The SMILES string of the molecule is CC(C)n1cc(C(CN)N2CCN(C(C)(C)C)CC2)cn1. The normalized spacial score (nSPS) is 20.1. The Balaban J connectivity index is 2.02. The lowest BCUT2D eigenvalue weighted by atomic mass is 10.0. The van der Waals surface area contributed by atoms with E-state index in [1.54, 1.807) is 0 Å². The van der Waals surface area contributed by atoms with Crippen molar-refractivity contribution in [3.8, 4) is 0 Å². The van der Waals surface area contributed by atoms with Crippen molar-refractivity contribution in [1.82, 2.24) is 19.6 Å². The van der Waals surface area contributed by atoms with Gasteiger partial charge in [0, 0.05) is 56.1 Å². The van der Waals surface area contributed by atoms with Gasteiger partial charge in [0.25, 0.3) is 0 Å². The summed E-state index contributed by atoms with van der Waals surface area (Å²) >= 11 is 0. The van der Waals surface area contributed by atoms with Crippen LogP contribution in [0.2, 0.25) is 0 Å². The zero-order valence-electron chi connectivity index (χ0n) is 14.2. The van der Waals surface area contributed by atoms with E-state index in [-0.39, 0.29) is 5.54 Å². The van der Waals surface area contributed by atoms with Crippen LogP contribution in [0.15, 0.2) is 12.4 Å². The lowest BCUT2D eigenvalue weighted by molar-refractivity contribution is 0.0433. The van der Waals surface area contributed by atoms with Crippen LogP contribution in [-0.2, 0) is 0 Å². The van der Waals surface area contributed by atoms with Gasteiger partial charge in [-0.1, -0.05) is 0 Å². The van der Waals surface area contributed by atoms with E-state index in [9.17, 15) is 0 Å². The maximum Gasteiger partial charge on any atom is 0.0538 e. The van der Waals surface area contributed by atoms with Crippen LogP contribution >= 0.6 is 0 Å². The molecule has 120 valence electrons. The predicted octanol–water partition coefficient (Wildman–Crippen LogP) is 1.88. The first-order valence-electron chi connectivity index (χ1n) is 8.06. The van der Waals surface area contributed by atoms with Gasteiger partial charge in [0.15, 0.2) is 0 Å². The molecular weight excluding hydrogens is 262 g/mol. The minimum atomic E-state index is 0.257. The zero-order chi connectivity index (χ0) is 15.6. The minimum Gasteiger partial charge on any atom is -0.329 e. The molecule has 1 aromatic heterocycles. The summed E-state index contributed by atoms with van der Waals surface area (Å²) in [6, 6.07) is 0.689. The predicted molar refractivity (Wildman–Crippen MR) is 87.3 cm³/mol. The van der Waals surface area contributed by atoms with Gasteiger partial charge in [0.1, 0.15) is 0 Å². The Morgan fingerprint density at radius 1 is 1.19 bits per heavy atom. The summed E-state index contributed by atoms with van der Waals surface area (Å²) < 4.78 is 2.02. The summed E-state index contributed by atoms with van der Waals surface area (Å²) in [6.07, 6.45) is 4.13. The molecule has 2 heterocycles. The summed E-state index contributed by atoms with van der Waals surface area (Å²) in [5.41, 5.74) is 7.55. The Kier molecular flexibility index (Phi) is 5.07. The van der Waals surface area contributed by atoms with Crippen molar-refractivity contribution in [2.45, 2.75) is 52.2 Å². The molecule has 1 aliphatic rings. The average molecular weight is 293 g/mol. The summed E-state index contributed by atoms with van der Waals surface area (Å²) in [5, 5.41) is 4.46. The number of hydrogen-bond donors (Lipinski definition) is 1. The van der Waals surface area contributed by atoms with Crippen molar-refractivity contribution in [3.05, 3.63) is 18.0 Å². The van der Waals surface area contributed by atoms with Crippen LogP contribution < -0.4 is 5.73 Å². The molecule has 0 saturated carbocycles. The minimum absolute atomic E-state index is 0.257. The fraction of sp³-hybridized carbons (Fsp3) is 0.812. The first kappa shape index (κ1) is 16.5. The molecule has 0 radical (unpaired) electrons. The summed E-state index contributed by atoms with van der Waals surface area (Å²) in [7, 11) is 0. The highest BCUT2D eigenvalue weighted by atomic mass is 15.3. The summed E-state index contributed by atoms with van der Waals surface area (Å²) in [5.74, 6) is 0. The van der Waals surface area contributed by atoms with E-state index in [4.69, 9.17) is 5.73 Å². The molecule has 21 heavy (non-hydrogen) atoms. The monoisotopic (exact) mass is 293 g/mol. The smallest absolute Gasteiger partial charge is 0.0538 e. The van der Waals surface area contributed by atoms with E-state index in [0.29, 0.717) is 18.6 Å². The molecule has 0 aromatic carbocycles. The largest absolute Gasteiger partial charge is 0.329 e. The third-order valence-electron chi connectivity index (χ3n) is 4.46. The molecule has 2 N–H and O–H groups in total. The fourth-order valence-corrected chi connectivity index (χ4v) is 3.01. The quantitative estimate of drug-likeness (QED) is 0.921. The van der Waals surface area contributed by atoms with Crippen molar-refractivity contribution < 1.29 is 0 Å². The fourth-order valence-electron chi connectivity index (χ4n) is 3.01. The molecule has 1 aromatic rings. The molecule has 1 fully saturated rings. The molecular formula is C16H31N5. The molecule has 0 spiro atoms. The van der Waals surface area contributed by atoms with Gasteiger partial charge in [-0.3, -0.25) is 14.5 Å². The molecule has 1 saturated heterocycles. The second kappa shape index (κ2) is 6.46. The van der Waals surface area contributed by atoms with Crippen LogP contribution in [0.5, 0.6) is 0 Å². The Labute approximate surface area is 129 Å². The number of hydrogen-bond acceptors (Lipinski definition) is 4. The van der Waals surface area contributed by atoms with E-state index in [2.05, 4.69) is 55.7 Å². The van der Waals surface area contributed by atoms with Crippen molar-refractivity contribution in [2.24, 2.45) is 5.73 Å². The third-order valence-corrected chi connectivity index (χ3v) is 4.46. The van der Waals surface area contributed by atoms with E-state index in [1.165, 1.54) is 5.56 Å². The first-order chi connectivity index (χ1) is 9.82. The number of rotatable bonds is 4. The third kappa shape index (κ3) is 3.84. The van der Waals surface area contributed by atoms with Crippen LogP contribution in [0, 0.1) is 0 Å². The van der Waals surface area contributed by atoms with Gasteiger partial charge >= 0.3 is 0 Å². The highest BCUT2D eigenvalue weighted by molar-refractivity contribution is 5.12. The van der Waals surface area contributed by atoms with Crippen molar-refractivity contribution in [1.29, 1.82) is 0 Å². The summed E-state index contributed by atoms with van der Waals surface area (Å²) in [6.45, 7) is 16.2. The molecule has 0 bridgehead atoms. The van der Waals surface area contributed by atoms with Gasteiger partial charge < -0.3 is 5.73 Å². The standard InChI is InChI=1S/C16H31N5/c1-13(2)21-12-14(11-18-21)15(10-17)19-6-8-20(9-7-19)16(3,4)5/h11-13,15H,6-10,17H2,1-5H3. The molecule has 0 aliphatic carbocycles. The van der Waals surface area contributed by atoms with Crippen molar-refractivity contribution in [3.63, 3.8) is 0 Å². The number of aromatic nitrogens is 2. The van der Waals surface area contributed by atoms with E-state index in [1.807, 2.05) is 10.9 Å². The second-order valence-electron chi connectivity index (χ2n) is 7.29. The van der Waals surface area contributed by atoms with E-state index < -0.39 is 0 Å². The molecule has 2 rings (SSSR count). The molecule has 5 heteroatoms. The average Bonchev–Trinajstić information content (AvgIpc) is 2.89. The van der Waals surface area contributed by atoms with Crippen LogP contribution in [0.4, 0.5) is 0 Å². The van der Waals surface area contributed by atoms with Crippen LogP contribution in [0.3, 0.4) is 0 Å². The number of nitrogens with zero attached hydrogens (tertiary/aromatic N) is 4. The van der Waals surface area contributed by atoms with Crippen molar-refractivity contribution in [2.75, 3.05) is 32.7 Å². The second-order valence-corrected chi connectivity index (χ2v) is 7.29. The summed E-state index contributed by atoms with van der Waals surface area (Å²) in [4.78, 5) is 5.05. The van der Waals surface area contributed by atoms with Crippen LogP contribution in [0.1, 0.15) is 52.3 Å². The molecule has 5 nitrogen and oxygen atoms in total. The van der Waals surface area contributed by atoms with Gasteiger partial charge in [-0.15, -0.1) is 0 Å². The molecule has 1 atom stereocenters. The Bertz CT molecular complexity index is 438. The number of nitrogens with two attached hydrogens (primary N) is 1. The maximum absolute atomic E-state index is 6.05.